The number of imidazole rings is 1. The first-order valence-electron chi connectivity index (χ1n) is 6.46. The zero-order valence-electron chi connectivity index (χ0n) is 10.9. The average molecular weight is 265 g/mol. The van der Waals surface area contributed by atoms with Gasteiger partial charge in [0.05, 0.1) is 12.4 Å². The Balaban J connectivity index is 1.83. The maximum Gasteiger partial charge on any atom is 0.223 e. The molecule has 0 spiro atoms. The first kappa shape index (κ1) is 12.3. The molecule has 20 heavy (non-hydrogen) atoms. The van der Waals surface area contributed by atoms with E-state index in [0.29, 0.717) is 5.95 Å². The van der Waals surface area contributed by atoms with E-state index in [4.69, 9.17) is 0 Å². The minimum atomic E-state index is 0.0906. The third-order valence-electron chi connectivity index (χ3n) is 3.02. The lowest BCUT2D eigenvalue weighted by Gasteiger charge is -2.19. The summed E-state index contributed by atoms with van der Waals surface area (Å²) < 4.78 is 2.04. The molecule has 1 atom stereocenters. The maximum absolute atomic E-state index is 4.23. The second-order valence-corrected chi connectivity index (χ2v) is 4.44. The molecule has 2 heterocycles. The lowest BCUT2D eigenvalue weighted by molar-refractivity contribution is 0.603. The summed E-state index contributed by atoms with van der Waals surface area (Å²) in [6.07, 6.45) is 9.00. The van der Waals surface area contributed by atoms with Gasteiger partial charge in [-0.15, -0.1) is 0 Å². The van der Waals surface area contributed by atoms with Crippen molar-refractivity contribution in [3.63, 3.8) is 0 Å². The standard InChI is InChI=1S/C15H15N5/c1-2-5-13(6-3-1)14(11-20-10-9-16-12-20)19-15-17-7-4-8-18-15/h1-10,12,14H,11H2,(H,17,18,19). The quantitative estimate of drug-likeness (QED) is 0.770. The van der Waals surface area contributed by atoms with Crippen molar-refractivity contribution >= 4 is 5.95 Å². The van der Waals surface area contributed by atoms with Crippen molar-refractivity contribution in [2.24, 2.45) is 0 Å². The predicted molar refractivity (Wildman–Crippen MR) is 77.1 cm³/mol. The molecule has 2 aromatic heterocycles. The molecule has 100 valence electrons. The number of hydrogen-bond acceptors (Lipinski definition) is 4. The molecule has 0 saturated carbocycles. The molecular weight excluding hydrogens is 250 g/mol. The van der Waals surface area contributed by atoms with Crippen molar-refractivity contribution in [2.75, 3.05) is 5.32 Å². The number of nitrogens with zero attached hydrogens (tertiary/aromatic N) is 4. The molecule has 0 aliphatic carbocycles. The Bertz CT molecular complexity index is 622. The fourth-order valence-electron chi connectivity index (χ4n) is 2.05. The van der Waals surface area contributed by atoms with Crippen LogP contribution in [0.15, 0.2) is 67.5 Å². The smallest absolute Gasteiger partial charge is 0.223 e. The van der Waals surface area contributed by atoms with Gasteiger partial charge in [-0.25, -0.2) is 15.0 Å². The number of anilines is 1. The number of rotatable bonds is 5. The number of benzene rings is 1. The first-order valence-corrected chi connectivity index (χ1v) is 6.46. The summed E-state index contributed by atoms with van der Waals surface area (Å²) in [7, 11) is 0. The Morgan fingerprint density at radius 2 is 1.80 bits per heavy atom. The first-order chi connectivity index (χ1) is 9.92. The van der Waals surface area contributed by atoms with E-state index >= 15 is 0 Å². The predicted octanol–water partition coefficient (Wildman–Crippen LogP) is 2.53. The topological polar surface area (TPSA) is 55.6 Å². The molecule has 5 nitrogen and oxygen atoms in total. The Morgan fingerprint density at radius 3 is 2.50 bits per heavy atom. The van der Waals surface area contributed by atoms with E-state index in [0.717, 1.165) is 6.54 Å². The summed E-state index contributed by atoms with van der Waals surface area (Å²) in [4.78, 5) is 12.5. The zero-order chi connectivity index (χ0) is 13.6. The van der Waals surface area contributed by atoms with Crippen LogP contribution in [0.25, 0.3) is 0 Å². The van der Waals surface area contributed by atoms with Crippen LogP contribution in [0, 0.1) is 0 Å². The highest BCUT2D eigenvalue weighted by molar-refractivity contribution is 5.31. The Morgan fingerprint density at radius 1 is 1.00 bits per heavy atom. The molecule has 3 aromatic rings. The van der Waals surface area contributed by atoms with E-state index in [-0.39, 0.29) is 6.04 Å². The van der Waals surface area contributed by atoms with Gasteiger partial charge in [0.25, 0.3) is 0 Å². The Kier molecular flexibility index (Phi) is 3.68. The summed E-state index contributed by atoms with van der Waals surface area (Å²) in [5.41, 5.74) is 1.19. The van der Waals surface area contributed by atoms with Crippen LogP contribution in [0.1, 0.15) is 11.6 Å². The number of aromatic nitrogens is 4. The van der Waals surface area contributed by atoms with Crippen molar-refractivity contribution < 1.29 is 0 Å². The molecular formula is C15H15N5. The van der Waals surface area contributed by atoms with Crippen LogP contribution in [0.4, 0.5) is 5.95 Å². The van der Waals surface area contributed by atoms with Gasteiger partial charge < -0.3 is 9.88 Å². The Hall–Kier alpha value is -2.69. The highest BCUT2D eigenvalue weighted by Gasteiger charge is 2.12. The third kappa shape index (κ3) is 3.00. The summed E-state index contributed by atoms with van der Waals surface area (Å²) in [6.45, 7) is 0.766. The molecule has 0 bridgehead atoms. The third-order valence-corrected chi connectivity index (χ3v) is 3.02. The highest BCUT2D eigenvalue weighted by atomic mass is 15.1. The lowest BCUT2D eigenvalue weighted by atomic mass is 10.1. The maximum atomic E-state index is 4.23. The van der Waals surface area contributed by atoms with Crippen LogP contribution < -0.4 is 5.32 Å². The van der Waals surface area contributed by atoms with E-state index in [1.807, 2.05) is 35.3 Å². The van der Waals surface area contributed by atoms with E-state index in [1.165, 1.54) is 5.56 Å². The van der Waals surface area contributed by atoms with Gasteiger partial charge in [-0.3, -0.25) is 0 Å². The molecule has 0 aliphatic heterocycles. The molecule has 0 radical (unpaired) electrons. The van der Waals surface area contributed by atoms with Crippen LogP contribution in [0.3, 0.4) is 0 Å². The largest absolute Gasteiger partial charge is 0.346 e. The zero-order valence-corrected chi connectivity index (χ0v) is 10.9. The minimum Gasteiger partial charge on any atom is -0.346 e. The van der Waals surface area contributed by atoms with Gasteiger partial charge in [-0.05, 0) is 11.6 Å². The van der Waals surface area contributed by atoms with E-state index in [9.17, 15) is 0 Å². The average Bonchev–Trinajstić information content (AvgIpc) is 3.02. The summed E-state index contributed by atoms with van der Waals surface area (Å²) in [5.74, 6) is 0.626. The van der Waals surface area contributed by atoms with Gasteiger partial charge in [0, 0.05) is 31.3 Å². The van der Waals surface area contributed by atoms with E-state index in [2.05, 4.69) is 32.4 Å². The monoisotopic (exact) mass is 265 g/mol. The fraction of sp³-hybridized carbons (Fsp3) is 0.133. The second-order valence-electron chi connectivity index (χ2n) is 4.44. The molecule has 0 saturated heterocycles. The summed E-state index contributed by atoms with van der Waals surface area (Å²) in [6, 6.07) is 12.2. The molecule has 0 aliphatic rings. The molecule has 0 amide bonds. The minimum absolute atomic E-state index is 0.0906. The highest BCUT2D eigenvalue weighted by Crippen LogP contribution is 2.18. The normalized spacial score (nSPS) is 12.0. The number of hydrogen-bond donors (Lipinski definition) is 1. The van der Waals surface area contributed by atoms with Crippen molar-refractivity contribution in [3.05, 3.63) is 73.1 Å². The summed E-state index contributed by atoms with van der Waals surface area (Å²) in [5, 5.41) is 3.36. The van der Waals surface area contributed by atoms with Crippen LogP contribution in [-0.4, -0.2) is 19.5 Å². The van der Waals surface area contributed by atoms with Crippen molar-refractivity contribution in [1.82, 2.24) is 19.5 Å². The van der Waals surface area contributed by atoms with E-state index in [1.54, 1.807) is 24.7 Å². The van der Waals surface area contributed by atoms with Gasteiger partial charge >= 0.3 is 0 Å². The van der Waals surface area contributed by atoms with E-state index < -0.39 is 0 Å². The van der Waals surface area contributed by atoms with Crippen molar-refractivity contribution in [2.45, 2.75) is 12.6 Å². The van der Waals surface area contributed by atoms with Crippen LogP contribution in [0.2, 0.25) is 0 Å². The summed E-state index contributed by atoms with van der Waals surface area (Å²) >= 11 is 0. The van der Waals surface area contributed by atoms with Crippen LogP contribution >= 0.6 is 0 Å². The Labute approximate surface area is 117 Å². The van der Waals surface area contributed by atoms with Gasteiger partial charge in [-0.2, -0.15) is 0 Å². The van der Waals surface area contributed by atoms with Gasteiger partial charge in [0.2, 0.25) is 5.95 Å². The molecule has 1 aromatic carbocycles. The molecule has 0 fully saturated rings. The van der Waals surface area contributed by atoms with Crippen molar-refractivity contribution in [3.8, 4) is 0 Å². The van der Waals surface area contributed by atoms with Gasteiger partial charge in [0.1, 0.15) is 0 Å². The molecule has 3 rings (SSSR count). The van der Waals surface area contributed by atoms with Crippen molar-refractivity contribution in [1.29, 1.82) is 0 Å². The number of nitrogens with one attached hydrogen (secondary N) is 1. The molecule has 1 unspecified atom stereocenters. The lowest BCUT2D eigenvalue weighted by Crippen LogP contribution is -2.18. The molecule has 5 heteroatoms. The fourth-order valence-corrected chi connectivity index (χ4v) is 2.05. The van der Waals surface area contributed by atoms with Gasteiger partial charge in [-0.1, -0.05) is 30.3 Å². The molecule has 1 N–H and O–H groups in total. The second kappa shape index (κ2) is 5.97. The van der Waals surface area contributed by atoms with Gasteiger partial charge in [0.15, 0.2) is 0 Å². The van der Waals surface area contributed by atoms with Crippen LogP contribution in [-0.2, 0) is 6.54 Å². The SMILES string of the molecule is c1ccc(C(Cn2ccnc2)Nc2ncccn2)cc1. The van der Waals surface area contributed by atoms with Crippen LogP contribution in [0.5, 0.6) is 0 Å².